The molecule has 0 amide bonds. The SMILES string of the molecule is CCCCc1nc(=O)c(S(=O)(=O)c2ccc(-c3ccncc3C)cc2)c(O)n1[C@H]1CCc2c(C#N)cccc21. The lowest BCUT2D eigenvalue weighted by molar-refractivity contribution is 0.361. The van der Waals surface area contributed by atoms with Crippen LogP contribution in [0.2, 0.25) is 0 Å². The molecule has 0 unspecified atom stereocenters. The fourth-order valence-electron chi connectivity index (χ4n) is 5.36. The molecule has 2 heterocycles. The second kappa shape index (κ2) is 10.5. The minimum atomic E-state index is -4.40. The molecule has 5 rings (SSSR count). The number of aromatic hydroxyl groups is 1. The summed E-state index contributed by atoms with van der Waals surface area (Å²) in [6, 6.07) is 15.2. The molecule has 0 saturated heterocycles. The number of aromatic nitrogens is 3. The first-order valence-electron chi connectivity index (χ1n) is 12.9. The average molecular weight is 541 g/mol. The monoisotopic (exact) mass is 540 g/mol. The summed E-state index contributed by atoms with van der Waals surface area (Å²) in [7, 11) is -4.40. The third kappa shape index (κ3) is 4.61. The number of unbranched alkanes of at least 4 members (excludes halogenated alkanes) is 1. The summed E-state index contributed by atoms with van der Waals surface area (Å²) in [6.07, 6.45) is 6.49. The van der Waals surface area contributed by atoms with E-state index in [9.17, 15) is 23.6 Å². The van der Waals surface area contributed by atoms with E-state index in [2.05, 4.69) is 16.0 Å². The lowest BCUT2D eigenvalue weighted by Gasteiger charge is -2.23. The Morgan fingerprint density at radius 3 is 2.62 bits per heavy atom. The summed E-state index contributed by atoms with van der Waals surface area (Å²) >= 11 is 0. The molecule has 1 atom stereocenters. The van der Waals surface area contributed by atoms with Crippen LogP contribution in [0.3, 0.4) is 0 Å². The number of fused-ring (bicyclic) bond motifs is 1. The summed E-state index contributed by atoms with van der Waals surface area (Å²) in [4.78, 5) is 20.6. The molecule has 198 valence electrons. The number of nitriles is 1. The zero-order chi connectivity index (χ0) is 27.7. The van der Waals surface area contributed by atoms with Crippen molar-refractivity contribution in [1.82, 2.24) is 14.5 Å². The summed E-state index contributed by atoms with van der Waals surface area (Å²) in [6.45, 7) is 3.92. The molecule has 0 saturated carbocycles. The fourth-order valence-corrected chi connectivity index (χ4v) is 6.70. The van der Waals surface area contributed by atoms with Gasteiger partial charge in [-0.25, -0.2) is 8.42 Å². The number of benzene rings is 2. The lowest BCUT2D eigenvalue weighted by Crippen LogP contribution is -2.27. The second-order valence-corrected chi connectivity index (χ2v) is 11.6. The van der Waals surface area contributed by atoms with Gasteiger partial charge in [-0.1, -0.05) is 37.6 Å². The topological polar surface area (TPSA) is 126 Å². The maximum absolute atomic E-state index is 13.8. The highest BCUT2D eigenvalue weighted by molar-refractivity contribution is 7.91. The van der Waals surface area contributed by atoms with Gasteiger partial charge in [0.2, 0.25) is 15.7 Å². The van der Waals surface area contributed by atoms with E-state index in [1.165, 1.54) is 16.7 Å². The number of sulfone groups is 1. The summed E-state index contributed by atoms with van der Waals surface area (Å²) < 4.78 is 29.0. The Hall–Kier alpha value is -4.29. The Morgan fingerprint density at radius 1 is 1.15 bits per heavy atom. The summed E-state index contributed by atoms with van der Waals surface area (Å²) in [5, 5.41) is 21.1. The van der Waals surface area contributed by atoms with E-state index in [1.54, 1.807) is 36.7 Å². The van der Waals surface area contributed by atoms with Gasteiger partial charge in [-0.3, -0.25) is 14.3 Å². The van der Waals surface area contributed by atoms with Crippen molar-refractivity contribution in [3.8, 4) is 23.1 Å². The highest BCUT2D eigenvalue weighted by Gasteiger charge is 2.34. The van der Waals surface area contributed by atoms with Crippen LogP contribution in [0.1, 0.15) is 60.3 Å². The van der Waals surface area contributed by atoms with Crippen LogP contribution in [0, 0.1) is 18.3 Å². The molecule has 4 aromatic rings. The molecule has 1 N–H and O–H groups in total. The molecular formula is C30H28N4O4S. The van der Waals surface area contributed by atoms with Gasteiger partial charge in [0.15, 0.2) is 4.90 Å². The van der Waals surface area contributed by atoms with E-state index >= 15 is 0 Å². The van der Waals surface area contributed by atoms with Crippen molar-refractivity contribution in [2.24, 2.45) is 0 Å². The van der Waals surface area contributed by atoms with E-state index in [-0.39, 0.29) is 4.90 Å². The first-order valence-corrected chi connectivity index (χ1v) is 14.4. The van der Waals surface area contributed by atoms with Crippen LogP contribution in [0.5, 0.6) is 5.88 Å². The Kier molecular flexibility index (Phi) is 7.06. The zero-order valence-electron chi connectivity index (χ0n) is 21.8. The molecule has 0 bridgehead atoms. The fraction of sp³-hybridized carbons (Fsp3) is 0.267. The molecule has 39 heavy (non-hydrogen) atoms. The van der Waals surface area contributed by atoms with E-state index in [4.69, 9.17) is 0 Å². The number of nitrogens with zero attached hydrogens (tertiary/aromatic N) is 4. The minimum absolute atomic E-state index is 0.112. The average Bonchev–Trinajstić information content (AvgIpc) is 3.36. The molecule has 0 radical (unpaired) electrons. The maximum atomic E-state index is 13.8. The summed E-state index contributed by atoms with van der Waals surface area (Å²) in [5.74, 6) is -0.280. The Bertz CT molecular complexity index is 1770. The zero-order valence-corrected chi connectivity index (χ0v) is 22.6. The Labute approximate surface area is 227 Å². The predicted octanol–water partition coefficient (Wildman–Crippen LogP) is 4.90. The van der Waals surface area contributed by atoms with E-state index in [0.717, 1.165) is 34.2 Å². The van der Waals surface area contributed by atoms with Crippen molar-refractivity contribution in [2.45, 2.75) is 61.8 Å². The van der Waals surface area contributed by atoms with Gasteiger partial charge in [-0.15, -0.1) is 0 Å². The van der Waals surface area contributed by atoms with Gasteiger partial charge in [0, 0.05) is 18.8 Å². The first-order chi connectivity index (χ1) is 18.8. The third-order valence-corrected chi connectivity index (χ3v) is 9.11. The molecule has 2 aromatic heterocycles. The van der Waals surface area contributed by atoms with Gasteiger partial charge >= 0.3 is 0 Å². The standard InChI is InChI=1S/C30H28N4O4S/c1-3-4-8-27-33-29(35)28(30(36)34(27)26-14-13-24-21(17-31)6-5-7-25(24)26)39(37,38)22-11-9-20(10-12-22)23-15-16-32-18-19(23)2/h5-7,9-12,15-16,18,26,36H,3-4,8,13-14H2,1-2H3/t26-/m0/s1. The van der Waals surface area contributed by atoms with Crippen LogP contribution in [0.25, 0.3) is 11.1 Å². The number of hydrogen-bond acceptors (Lipinski definition) is 7. The van der Waals surface area contributed by atoms with E-state index < -0.39 is 32.2 Å². The molecule has 8 nitrogen and oxygen atoms in total. The van der Waals surface area contributed by atoms with Crippen LogP contribution in [-0.4, -0.2) is 28.1 Å². The van der Waals surface area contributed by atoms with Crippen molar-refractivity contribution < 1.29 is 13.5 Å². The molecule has 9 heteroatoms. The highest BCUT2D eigenvalue weighted by atomic mass is 32.2. The highest BCUT2D eigenvalue weighted by Crippen LogP contribution is 2.40. The van der Waals surface area contributed by atoms with Crippen molar-refractivity contribution in [3.05, 3.63) is 99.4 Å². The maximum Gasteiger partial charge on any atom is 0.296 e. The van der Waals surface area contributed by atoms with Crippen LogP contribution in [-0.2, 0) is 22.7 Å². The molecule has 1 aliphatic carbocycles. The van der Waals surface area contributed by atoms with Crippen molar-refractivity contribution in [1.29, 1.82) is 5.26 Å². The van der Waals surface area contributed by atoms with Gasteiger partial charge in [0.25, 0.3) is 5.56 Å². The van der Waals surface area contributed by atoms with Crippen LogP contribution < -0.4 is 5.56 Å². The molecule has 2 aromatic carbocycles. The van der Waals surface area contributed by atoms with Crippen molar-refractivity contribution in [2.75, 3.05) is 0 Å². The largest absolute Gasteiger partial charge is 0.493 e. The molecule has 0 aliphatic heterocycles. The number of pyridine rings is 1. The Morgan fingerprint density at radius 2 is 1.92 bits per heavy atom. The normalized spacial score (nSPS) is 14.6. The lowest BCUT2D eigenvalue weighted by atomic mass is 10.0. The first kappa shape index (κ1) is 26.3. The quantitative estimate of drug-likeness (QED) is 0.353. The van der Waals surface area contributed by atoms with Crippen LogP contribution >= 0.6 is 0 Å². The predicted molar refractivity (Wildman–Crippen MR) is 146 cm³/mol. The number of aryl methyl sites for hydroxylation is 2. The Balaban J connectivity index is 1.64. The van der Waals surface area contributed by atoms with Gasteiger partial charge in [-0.05, 0) is 78.3 Å². The molecule has 1 aliphatic rings. The molecule has 0 spiro atoms. The van der Waals surface area contributed by atoms with Crippen LogP contribution in [0.4, 0.5) is 0 Å². The van der Waals surface area contributed by atoms with Gasteiger partial charge in [0.1, 0.15) is 5.82 Å². The van der Waals surface area contributed by atoms with Gasteiger partial charge < -0.3 is 5.11 Å². The van der Waals surface area contributed by atoms with Crippen molar-refractivity contribution in [3.63, 3.8) is 0 Å². The van der Waals surface area contributed by atoms with Gasteiger partial charge in [0.05, 0.1) is 22.6 Å². The number of hydrogen-bond donors (Lipinski definition) is 1. The molecular weight excluding hydrogens is 512 g/mol. The van der Waals surface area contributed by atoms with Gasteiger partial charge in [-0.2, -0.15) is 10.2 Å². The number of rotatable bonds is 7. The summed E-state index contributed by atoms with van der Waals surface area (Å²) in [5.41, 5.74) is 3.93. The smallest absolute Gasteiger partial charge is 0.296 e. The molecule has 0 fully saturated rings. The second-order valence-electron chi connectivity index (χ2n) is 9.72. The minimum Gasteiger partial charge on any atom is -0.493 e. The van der Waals surface area contributed by atoms with E-state index in [0.29, 0.717) is 37.1 Å². The van der Waals surface area contributed by atoms with Crippen molar-refractivity contribution >= 4 is 9.84 Å². The van der Waals surface area contributed by atoms with E-state index in [1.807, 2.05) is 26.0 Å². The van der Waals surface area contributed by atoms with Crippen LogP contribution in [0.15, 0.2) is 75.5 Å². The third-order valence-electron chi connectivity index (χ3n) is 7.32.